The lowest BCUT2D eigenvalue weighted by molar-refractivity contribution is 0.0735. The van der Waals surface area contributed by atoms with E-state index in [-0.39, 0.29) is 17.7 Å². The van der Waals surface area contributed by atoms with Crippen LogP contribution in [0.3, 0.4) is 0 Å². The van der Waals surface area contributed by atoms with E-state index in [0.717, 1.165) is 12.8 Å². The zero-order valence-electron chi connectivity index (χ0n) is 17.9. The second-order valence-electron chi connectivity index (χ2n) is 8.35. The number of carbonyl (C=O) groups excluding carboxylic acids is 1. The standard InChI is InChI=1S/C26H27NO3S/c1-19-14-20(2)16-23(15-19)25-12-7-13-27(25)26(28)22-9-6-8-21(17-22)18-31(29,30)24-10-4-3-5-11-24/h3-6,8-11,14-17,25H,7,12-13,18H2,1-2H3. The Hall–Kier alpha value is -2.92. The first-order chi connectivity index (χ1) is 14.8. The van der Waals surface area contributed by atoms with E-state index in [0.29, 0.717) is 22.6 Å². The van der Waals surface area contributed by atoms with Crippen LogP contribution in [0.5, 0.6) is 0 Å². The lowest BCUT2D eigenvalue weighted by Gasteiger charge is -2.26. The molecule has 1 amide bonds. The number of hydrogen-bond acceptors (Lipinski definition) is 3. The van der Waals surface area contributed by atoms with Crippen molar-refractivity contribution >= 4 is 15.7 Å². The zero-order valence-corrected chi connectivity index (χ0v) is 18.7. The van der Waals surface area contributed by atoms with E-state index in [1.54, 1.807) is 54.6 Å². The smallest absolute Gasteiger partial charge is 0.254 e. The SMILES string of the molecule is Cc1cc(C)cc(C2CCCN2C(=O)c2cccc(CS(=O)(=O)c3ccccc3)c2)c1. The minimum atomic E-state index is -3.46. The maximum Gasteiger partial charge on any atom is 0.254 e. The fourth-order valence-electron chi connectivity index (χ4n) is 4.45. The second-order valence-corrected chi connectivity index (χ2v) is 10.3. The molecule has 1 aliphatic heterocycles. The number of sulfone groups is 1. The summed E-state index contributed by atoms with van der Waals surface area (Å²) in [7, 11) is -3.46. The van der Waals surface area contributed by atoms with Crippen molar-refractivity contribution in [2.24, 2.45) is 0 Å². The second kappa shape index (κ2) is 8.67. The van der Waals surface area contributed by atoms with Gasteiger partial charge < -0.3 is 4.90 Å². The van der Waals surface area contributed by atoms with Gasteiger partial charge in [0, 0.05) is 12.1 Å². The molecule has 0 bridgehead atoms. The Morgan fingerprint density at radius 3 is 2.35 bits per heavy atom. The summed E-state index contributed by atoms with van der Waals surface area (Å²) in [6.45, 7) is 4.87. The number of nitrogens with zero attached hydrogens (tertiary/aromatic N) is 1. The lowest BCUT2D eigenvalue weighted by atomic mass is 9.99. The summed E-state index contributed by atoms with van der Waals surface area (Å²) in [5, 5.41) is 0. The third kappa shape index (κ3) is 4.72. The maximum absolute atomic E-state index is 13.4. The molecule has 1 saturated heterocycles. The van der Waals surface area contributed by atoms with Gasteiger partial charge in [-0.25, -0.2) is 8.42 Å². The van der Waals surface area contributed by atoms with E-state index in [1.165, 1.54) is 16.7 Å². The number of hydrogen-bond donors (Lipinski definition) is 0. The van der Waals surface area contributed by atoms with Crippen LogP contribution in [-0.4, -0.2) is 25.8 Å². The average Bonchev–Trinajstić information content (AvgIpc) is 3.23. The molecule has 3 aromatic rings. The summed E-state index contributed by atoms with van der Waals surface area (Å²) in [5.41, 5.74) is 4.73. The van der Waals surface area contributed by atoms with Crippen LogP contribution in [-0.2, 0) is 15.6 Å². The van der Waals surface area contributed by atoms with E-state index >= 15 is 0 Å². The normalized spacial score (nSPS) is 16.5. The predicted octanol–water partition coefficient (Wildman–Crippen LogP) is 5.25. The first-order valence-electron chi connectivity index (χ1n) is 10.6. The van der Waals surface area contributed by atoms with Gasteiger partial charge in [-0.05, 0) is 62.1 Å². The van der Waals surface area contributed by atoms with Crippen molar-refractivity contribution in [3.8, 4) is 0 Å². The molecule has 0 saturated carbocycles. The largest absolute Gasteiger partial charge is 0.332 e. The Morgan fingerprint density at radius 1 is 0.935 bits per heavy atom. The van der Waals surface area contributed by atoms with Crippen LogP contribution in [0.15, 0.2) is 77.7 Å². The molecule has 0 spiro atoms. The van der Waals surface area contributed by atoms with Crippen molar-refractivity contribution in [3.63, 3.8) is 0 Å². The highest BCUT2D eigenvalue weighted by molar-refractivity contribution is 7.90. The molecule has 1 heterocycles. The molecule has 0 radical (unpaired) electrons. The fourth-order valence-corrected chi connectivity index (χ4v) is 5.81. The van der Waals surface area contributed by atoms with Gasteiger partial charge in [-0.3, -0.25) is 4.79 Å². The average molecular weight is 434 g/mol. The molecule has 31 heavy (non-hydrogen) atoms. The van der Waals surface area contributed by atoms with Crippen molar-refractivity contribution < 1.29 is 13.2 Å². The molecular formula is C26H27NO3S. The summed E-state index contributed by atoms with van der Waals surface area (Å²) < 4.78 is 25.5. The Balaban J connectivity index is 1.58. The molecule has 0 aliphatic carbocycles. The fraction of sp³-hybridized carbons (Fsp3) is 0.269. The van der Waals surface area contributed by atoms with Crippen molar-refractivity contribution in [2.45, 2.75) is 43.4 Å². The number of rotatable bonds is 5. The zero-order chi connectivity index (χ0) is 22.0. The van der Waals surface area contributed by atoms with E-state index < -0.39 is 9.84 Å². The predicted molar refractivity (Wildman–Crippen MR) is 123 cm³/mol. The Kier molecular flexibility index (Phi) is 5.96. The van der Waals surface area contributed by atoms with E-state index in [9.17, 15) is 13.2 Å². The Morgan fingerprint density at radius 2 is 1.65 bits per heavy atom. The molecule has 5 heteroatoms. The van der Waals surface area contributed by atoms with E-state index in [4.69, 9.17) is 0 Å². The lowest BCUT2D eigenvalue weighted by Crippen LogP contribution is -2.30. The third-order valence-electron chi connectivity index (χ3n) is 5.78. The molecule has 1 fully saturated rings. The van der Waals surface area contributed by atoms with Crippen LogP contribution < -0.4 is 0 Å². The first kappa shape index (κ1) is 21.3. The molecule has 3 aromatic carbocycles. The van der Waals surface area contributed by atoms with Gasteiger partial charge in [-0.2, -0.15) is 0 Å². The summed E-state index contributed by atoms with van der Waals surface area (Å²) >= 11 is 0. The van der Waals surface area contributed by atoms with Crippen molar-refractivity contribution in [3.05, 3.63) is 101 Å². The molecule has 1 aliphatic rings. The van der Waals surface area contributed by atoms with Gasteiger partial charge in [-0.1, -0.05) is 59.7 Å². The molecule has 1 unspecified atom stereocenters. The number of amides is 1. The Bertz CT molecular complexity index is 1180. The maximum atomic E-state index is 13.4. The van der Waals surface area contributed by atoms with Crippen LogP contribution in [0, 0.1) is 13.8 Å². The molecule has 1 atom stereocenters. The van der Waals surface area contributed by atoms with Crippen molar-refractivity contribution in [1.82, 2.24) is 4.90 Å². The van der Waals surface area contributed by atoms with Crippen LogP contribution in [0.25, 0.3) is 0 Å². The van der Waals surface area contributed by atoms with E-state index in [2.05, 4.69) is 32.0 Å². The highest BCUT2D eigenvalue weighted by atomic mass is 32.2. The van der Waals surface area contributed by atoms with Gasteiger partial charge >= 0.3 is 0 Å². The number of likely N-dealkylation sites (tertiary alicyclic amines) is 1. The minimum absolute atomic E-state index is 0.0411. The molecule has 0 N–H and O–H groups in total. The van der Waals surface area contributed by atoms with Gasteiger partial charge in [0.25, 0.3) is 5.91 Å². The highest BCUT2D eigenvalue weighted by Gasteiger charge is 2.31. The topological polar surface area (TPSA) is 54.5 Å². The number of aryl methyl sites for hydroxylation is 2. The summed E-state index contributed by atoms with van der Waals surface area (Å²) in [4.78, 5) is 15.6. The monoisotopic (exact) mass is 433 g/mol. The van der Waals surface area contributed by atoms with Crippen LogP contribution in [0.1, 0.15) is 51.5 Å². The van der Waals surface area contributed by atoms with Crippen LogP contribution in [0.2, 0.25) is 0 Å². The highest BCUT2D eigenvalue weighted by Crippen LogP contribution is 2.34. The molecule has 160 valence electrons. The third-order valence-corrected chi connectivity index (χ3v) is 7.48. The van der Waals surface area contributed by atoms with E-state index in [1.807, 2.05) is 4.90 Å². The van der Waals surface area contributed by atoms with Crippen molar-refractivity contribution in [2.75, 3.05) is 6.54 Å². The van der Waals surface area contributed by atoms with Gasteiger partial charge in [0.1, 0.15) is 0 Å². The number of benzene rings is 3. The first-order valence-corrected chi connectivity index (χ1v) is 12.2. The van der Waals surface area contributed by atoms with Crippen molar-refractivity contribution in [1.29, 1.82) is 0 Å². The number of carbonyl (C=O) groups is 1. The van der Waals surface area contributed by atoms with Gasteiger partial charge in [-0.15, -0.1) is 0 Å². The molecule has 4 rings (SSSR count). The molecular weight excluding hydrogens is 406 g/mol. The van der Waals surface area contributed by atoms with Crippen LogP contribution in [0.4, 0.5) is 0 Å². The minimum Gasteiger partial charge on any atom is -0.332 e. The summed E-state index contributed by atoms with van der Waals surface area (Å²) in [6.07, 6.45) is 1.90. The van der Waals surface area contributed by atoms with Crippen LogP contribution >= 0.6 is 0 Å². The Labute approximate surface area is 184 Å². The quantitative estimate of drug-likeness (QED) is 0.552. The van der Waals surface area contributed by atoms with Gasteiger partial charge in [0.2, 0.25) is 0 Å². The molecule has 4 nitrogen and oxygen atoms in total. The summed E-state index contributed by atoms with van der Waals surface area (Å²) in [6, 6.07) is 22.0. The van der Waals surface area contributed by atoms with Gasteiger partial charge in [0.15, 0.2) is 9.84 Å². The summed E-state index contributed by atoms with van der Waals surface area (Å²) in [5.74, 6) is -0.167. The molecule has 0 aromatic heterocycles. The van der Waals surface area contributed by atoms with Gasteiger partial charge in [0.05, 0.1) is 16.7 Å².